The number of hydrogen-bond acceptors (Lipinski definition) is 7. The zero-order valence-electron chi connectivity index (χ0n) is 15.4. The predicted octanol–water partition coefficient (Wildman–Crippen LogP) is 1.64. The lowest BCUT2D eigenvalue weighted by Crippen LogP contribution is -2.48. The normalized spacial score (nSPS) is 25.3. The standard InChI is InChI=1S/C18H25N7O/c1-12-13(2)20-18(23-6-3-4-7-23)21-17(12)24-8-5-16-15(10-24)25-14(11-26-16)9-19-22-25/h9,15-16H,3-8,10-11H2,1-2H3/t15-,16-/m0/s1. The number of nitrogens with zero attached hydrogens (tertiary/aromatic N) is 7. The number of aromatic nitrogens is 5. The average molecular weight is 355 g/mol. The number of piperidine rings is 1. The van der Waals surface area contributed by atoms with Crippen LogP contribution in [0.25, 0.3) is 0 Å². The van der Waals surface area contributed by atoms with E-state index in [4.69, 9.17) is 14.7 Å². The van der Waals surface area contributed by atoms with Crippen molar-refractivity contribution in [3.05, 3.63) is 23.1 Å². The summed E-state index contributed by atoms with van der Waals surface area (Å²) < 4.78 is 8.09. The van der Waals surface area contributed by atoms with E-state index in [1.54, 1.807) is 6.20 Å². The van der Waals surface area contributed by atoms with Crippen molar-refractivity contribution < 1.29 is 4.74 Å². The van der Waals surface area contributed by atoms with Crippen molar-refractivity contribution >= 4 is 11.8 Å². The average Bonchev–Trinajstić information content (AvgIpc) is 3.35. The third-order valence-electron chi connectivity index (χ3n) is 5.97. The molecule has 3 aliphatic heterocycles. The minimum absolute atomic E-state index is 0.194. The molecule has 5 heterocycles. The summed E-state index contributed by atoms with van der Waals surface area (Å²) in [4.78, 5) is 14.4. The van der Waals surface area contributed by atoms with E-state index in [1.807, 2.05) is 4.68 Å². The topological polar surface area (TPSA) is 72.2 Å². The van der Waals surface area contributed by atoms with Crippen molar-refractivity contribution in [3.8, 4) is 0 Å². The van der Waals surface area contributed by atoms with Crippen LogP contribution in [0.3, 0.4) is 0 Å². The second-order valence-corrected chi connectivity index (χ2v) is 7.57. The Kier molecular flexibility index (Phi) is 3.81. The fourth-order valence-electron chi connectivity index (χ4n) is 4.34. The molecule has 0 bridgehead atoms. The molecule has 8 heteroatoms. The van der Waals surface area contributed by atoms with Crippen LogP contribution in [0.5, 0.6) is 0 Å². The molecule has 0 aromatic carbocycles. The molecule has 8 nitrogen and oxygen atoms in total. The highest BCUT2D eigenvalue weighted by Crippen LogP contribution is 2.34. The predicted molar refractivity (Wildman–Crippen MR) is 97.4 cm³/mol. The Bertz CT molecular complexity index is 814. The van der Waals surface area contributed by atoms with Crippen LogP contribution in [0.15, 0.2) is 6.20 Å². The first-order valence-electron chi connectivity index (χ1n) is 9.56. The zero-order valence-corrected chi connectivity index (χ0v) is 15.4. The van der Waals surface area contributed by atoms with Crippen LogP contribution in [-0.2, 0) is 11.3 Å². The third-order valence-corrected chi connectivity index (χ3v) is 5.97. The summed E-state index contributed by atoms with van der Waals surface area (Å²) in [6.45, 7) is 8.74. The molecule has 2 atom stereocenters. The molecule has 2 fully saturated rings. The van der Waals surface area contributed by atoms with E-state index in [0.29, 0.717) is 6.61 Å². The van der Waals surface area contributed by atoms with Gasteiger partial charge in [0, 0.05) is 37.4 Å². The number of hydrogen-bond donors (Lipinski definition) is 0. The molecule has 0 unspecified atom stereocenters. The molecule has 0 aliphatic carbocycles. The fraction of sp³-hybridized carbons (Fsp3) is 0.667. The maximum Gasteiger partial charge on any atom is 0.227 e. The first-order valence-corrected chi connectivity index (χ1v) is 9.56. The summed E-state index contributed by atoms with van der Waals surface area (Å²) in [5.74, 6) is 1.94. The molecule has 3 aliphatic rings. The second kappa shape index (κ2) is 6.19. The van der Waals surface area contributed by atoms with Gasteiger partial charge in [0.25, 0.3) is 0 Å². The quantitative estimate of drug-likeness (QED) is 0.811. The van der Waals surface area contributed by atoms with E-state index in [-0.39, 0.29) is 12.1 Å². The van der Waals surface area contributed by atoms with E-state index in [1.165, 1.54) is 18.4 Å². The third kappa shape index (κ3) is 2.55. The minimum Gasteiger partial charge on any atom is -0.370 e. The van der Waals surface area contributed by atoms with Crippen LogP contribution in [-0.4, -0.2) is 57.2 Å². The van der Waals surface area contributed by atoms with Crippen molar-refractivity contribution in [3.63, 3.8) is 0 Å². The summed E-state index contributed by atoms with van der Waals surface area (Å²) >= 11 is 0. The number of ether oxygens (including phenoxy) is 1. The van der Waals surface area contributed by atoms with E-state index < -0.39 is 0 Å². The van der Waals surface area contributed by atoms with Crippen LogP contribution in [0.1, 0.15) is 42.3 Å². The summed E-state index contributed by atoms with van der Waals surface area (Å²) in [6.07, 6.45) is 5.45. The van der Waals surface area contributed by atoms with Gasteiger partial charge >= 0.3 is 0 Å². The van der Waals surface area contributed by atoms with Gasteiger partial charge in [0.1, 0.15) is 5.82 Å². The highest BCUT2D eigenvalue weighted by Gasteiger charge is 2.37. The number of anilines is 2. The van der Waals surface area contributed by atoms with Gasteiger partial charge in [0.15, 0.2) is 0 Å². The Morgan fingerprint density at radius 1 is 1.08 bits per heavy atom. The fourth-order valence-corrected chi connectivity index (χ4v) is 4.34. The molecule has 138 valence electrons. The van der Waals surface area contributed by atoms with Gasteiger partial charge in [-0.3, -0.25) is 0 Å². The number of aryl methyl sites for hydroxylation is 1. The van der Waals surface area contributed by atoms with E-state index >= 15 is 0 Å². The maximum atomic E-state index is 6.04. The molecule has 0 N–H and O–H groups in total. The monoisotopic (exact) mass is 355 g/mol. The van der Waals surface area contributed by atoms with Gasteiger partial charge in [-0.15, -0.1) is 5.10 Å². The molecule has 0 radical (unpaired) electrons. The lowest BCUT2D eigenvalue weighted by atomic mass is 10.00. The van der Waals surface area contributed by atoms with Crippen molar-refractivity contribution in [2.45, 2.75) is 51.9 Å². The van der Waals surface area contributed by atoms with E-state index in [0.717, 1.165) is 55.8 Å². The summed E-state index contributed by atoms with van der Waals surface area (Å²) in [5.41, 5.74) is 3.30. The first kappa shape index (κ1) is 16.0. The highest BCUT2D eigenvalue weighted by atomic mass is 16.5. The molecule has 0 spiro atoms. The molecule has 26 heavy (non-hydrogen) atoms. The Hall–Kier alpha value is -2.22. The van der Waals surface area contributed by atoms with Crippen molar-refractivity contribution in [2.75, 3.05) is 36.0 Å². The van der Waals surface area contributed by atoms with Gasteiger partial charge in [-0.05, 0) is 33.1 Å². The van der Waals surface area contributed by atoms with Gasteiger partial charge in [0.05, 0.1) is 30.6 Å². The summed E-state index contributed by atoms with van der Waals surface area (Å²) in [6, 6.07) is 0.194. The van der Waals surface area contributed by atoms with Gasteiger partial charge < -0.3 is 14.5 Å². The Morgan fingerprint density at radius 3 is 2.77 bits per heavy atom. The largest absolute Gasteiger partial charge is 0.370 e. The van der Waals surface area contributed by atoms with Gasteiger partial charge in [-0.25, -0.2) is 9.67 Å². The molecule has 2 aromatic heterocycles. The van der Waals surface area contributed by atoms with Gasteiger partial charge in [0.2, 0.25) is 5.95 Å². The van der Waals surface area contributed by atoms with Crippen LogP contribution in [0.4, 0.5) is 11.8 Å². The number of rotatable bonds is 2. The number of fused-ring (bicyclic) bond motifs is 3. The minimum atomic E-state index is 0.194. The van der Waals surface area contributed by atoms with Crippen molar-refractivity contribution in [1.82, 2.24) is 25.0 Å². The summed E-state index contributed by atoms with van der Waals surface area (Å²) in [7, 11) is 0. The van der Waals surface area contributed by atoms with Crippen LogP contribution in [0.2, 0.25) is 0 Å². The molecule has 5 rings (SSSR count). The SMILES string of the molecule is Cc1nc(N2CCCC2)nc(N2CC[C@@H]3OCc4cnnn4[C@H]3C2)c1C. The zero-order chi connectivity index (χ0) is 17.7. The molecular formula is C18H25N7O. The Labute approximate surface area is 153 Å². The Balaban J connectivity index is 1.47. The van der Waals surface area contributed by atoms with Crippen molar-refractivity contribution in [1.29, 1.82) is 0 Å². The molecule has 2 saturated heterocycles. The van der Waals surface area contributed by atoms with Crippen molar-refractivity contribution in [2.24, 2.45) is 0 Å². The second-order valence-electron chi connectivity index (χ2n) is 7.57. The lowest BCUT2D eigenvalue weighted by Gasteiger charge is -2.42. The maximum absolute atomic E-state index is 6.04. The molecule has 2 aromatic rings. The first-order chi connectivity index (χ1) is 12.7. The van der Waals surface area contributed by atoms with E-state index in [9.17, 15) is 0 Å². The lowest BCUT2D eigenvalue weighted by molar-refractivity contribution is -0.0373. The molecular weight excluding hydrogens is 330 g/mol. The van der Waals surface area contributed by atoms with Crippen LogP contribution in [0, 0.1) is 13.8 Å². The smallest absolute Gasteiger partial charge is 0.227 e. The van der Waals surface area contributed by atoms with Gasteiger partial charge in [-0.1, -0.05) is 5.21 Å². The van der Waals surface area contributed by atoms with Crippen LogP contribution >= 0.6 is 0 Å². The molecule has 0 saturated carbocycles. The van der Waals surface area contributed by atoms with E-state index in [2.05, 4.69) is 34.0 Å². The van der Waals surface area contributed by atoms with Gasteiger partial charge in [-0.2, -0.15) is 4.98 Å². The Morgan fingerprint density at radius 2 is 1.92 bits per heavy atom. The highest BCUT2D eigenvalue weighted by molar-refractivity contribution is 5.53. The summed E-state index contributed by atoms with van der Waals surface area (Å²) in [5, 5.41) is 8.38. The molecule has 0 amide bonds. The van der Waals surface area contributed by atoms with Crippen LogP contribution < -0.4 is 9.80 Å².